The largest absolute Gasteiger partial charge is 0.396 e. The number of benzene rings is 4. The average Bonchev–Trinajstić information content (AvgIpc) is 3.57. The molecule has 7 aromatic rings. The predicted molar refractivity (Wildman–Crippen MR) is 200 cm³/mol. The van der Waals surface area contributed by atoms with E-state index in [1.165, 1.54) is 33.4 Å². The van der Waals surface area contributed by atoms with Crippen molar-refractivity contribution in [3.63, 3.8) is 0 Å². The second-order valence-electron chi connectivity index (χ2n) is 12.4. The molecule has 49 heavy (non-hydrogen) atoms. The van der Waals surface area contributed by atoms with Crippen LogP contribution in [-0.4, -0.2) is 25.4 Å². The highest BCUT2D eigenvalue weighted by Crippen LogP contribution is 2.36. The van der Waals surface area contributed by atoms with Crippen molar-refractivity contribution in [2.24, 2.45) is 0 Å². The molecule has 4 aromatic carbocycles. The Morgan fingerprint density at radius 2 is 1.06 bits per heavy atom. The van der Waals surface area contributed by atoms with Gasteiger partial charge in [0.1, 0.15) is 23.0 Å². The SMILES string of the molecule is Cc1cccc(C(Cc2ccccc2)c2cc(N)nc(N)c2N)c1.Cc1cccc(C(Cc2ccccc2)c2cc(N)nc3n[nH]nc23)c1. The Hall–Kier alpha value is -6.22. The molecule has 0 fully saturated rings. The molecule has 0 aliphatic heterocycles. The zero-order valence-electron chi connectivity index (χ0n) is 27.7. The first-order valence-electron chi connectivity index (χ1n) is 16.2. The van der Waals surface area contributed by atoms with Crippen molar-refractivity contribution in [2.75, 3.05) is 22.9 Å². The second kappa shape index (κ2) is 14.7. The molecule has 9 N–H and O–H groups in total. The lowest BCUT2D eigenvalue weighted by molar-refractivity contribution is 0.805. The van der Waals surface area contributed by atoms with Gasteiger partial charge in [-0.3, -0.25) is 0 Å². The highest BCUT2D eigenvalue weighted by Gasteiger charge is 2.22. The third-order valence-corrected chi connectivity index (χ3v) is 8.69. The minimum Gasteiger partial charge on any atom is -0.396 e. The van der Waals surface area contributed by atoms with E-state index in [0.29, 0.717) is 23.0 Å². The van der Waals surface area contributed by atoms with Crippen molar-refractivity contribution in [3.8, 4) is 0 Å². The second-order valence-corrected chi connectivity index (χ2v) is 12.4. The molecule has 246 valence electrons. The van der Waals surface area contributed by atoms with E-state index in [1.807, 2.05) is 36.4 Å². The van der Waals surface area contributed by atoms with Crippen LogP contribution in [0.25, 0.3) is 11.2 Å². The van der Waals surface area contributed by atoms with Crippen molar-refractivity contribution in [3.05, 3.63) is 166 Å². The maximum absolute atomic E-state index is 6.24. The fourth-order valence-corrected chi connectivity index (χ4v) is 6.34. The predicted octanol–water partition coefficient (Wildman–Crippen LogP) is 7.13. The van der Waals surface area contributed by atoms with Gasteiger partial charge in [0.05, 0.1) is 5.69 Å². The van der Waals surface area contributed by atoms with Crippen LogP contribution in [0.3, 0.4) is 0 Å². The van der Waals surface area contributed by atoms with E-state index in [1.54, 1.807) is 0 Å². The molecular weight excluding hydrogens is 607 g/mol. The zero-order valence-corrected chi connectivity index (χ0v) is 27.7. The van der Waals surface area contributed by atoms with Crippen molar-refractivity contribution in [2.45, 2.75) is 38.5 Å². The summed E-state index contributed by atoms with van der Waals surface area (Å²) in [6, 6.07) is 41.6. The number of aryl methyl sites for hydroxylation is 2. The zero-order chi connectivity index (χ0) is 34.3. The summed E-state index contributed by atoms with van der Waals surface area (Å²) >= 11 is 0. The number of fused-ring (bicyclic) bond motifs is 1. The Labute approximate surface area is 286 Å². The molecule has 0 bridgehead atoms. The highest BCUT2D eigenvalue weighted by molar-refractivity contribution is 5.77. The Bertz CT molecular complexity index is 2160. The molecule has 3 aromatic heterocycles. The molecule has 0 aliphatic rings. The molecule has 0 aliphatic carbocycles. The number of nitrogens with two attached hydrogens (primary N) is 4. The van der Waals surface area contributed by atoms with Crippen molar-refractivity contribution in [1.29, 1.82) is 0 Å². The summed E-state index contributed by atoms with van der Waals surface area (Å²) in [5.74, 6) is 1.33. The third-order valence-electron chi connectivity index (χ3n) is 8.69. The fourth-order valence-electron chi connectivity index (χ4n) is 6.34. The van der Waals surface area contributed by atoms with Gasteiger partial charge >= 0.3 is 0 Å². The first-order chi connectivity index (χ1) is 23.7. The van der Waals surface area contributed by atoms with E-state index in [-0.39, 0.29) is 17.7 Å². The van der Waals surface area contributed by atoms with Gasteiger partial charge in [0.25, 0.3) is 0 Å². The number of rotatable bonds is 8. The number of anilines is 4. The maximum Gasteiger partial charge on any atom is 0.203 e. The topological polar surface area (TPSA) is 171 Å². The standard InChI is InChI=1S/C20H19N5.C20H22N4/c1-13-6-5-9-15(10-13)16(11-14-7-3-2-4-8-14)17-12-18(21)22-20-19(17)23-25-24-20;1-13-6-5-9-15(10-13)16(11-14-7-3-2-4-8-14)17-12-18(21)24-20(23)19(17)22/h2-10,12,16H,11H2,1H3,(H3,21,22,23,24,25);2-10,12,16H,11,22H2,1H3,(H4,21,23,24). The lowest BCUT2D eigenvalue weighted by Gasteiger charge is -2.21. The molecule has 2 unspecified atom stereocenters. The van der Waals surface area contributed by atoms with Crippen molar-refractivity contribution in [1.82, 2.24) is 25.4 Å². The molecule has 9 nitrogen and oxygen atoms in total. The monoisotopic (exact) mass is 647 g/mol. The van der Waals surface area contributed by atoms with Crippen LogP contribution in [0, 0.1) is 13.8 Å². The van der Waals surface area contributed by atoms with Gasteiger partial charge in [-0.1, -0.05) is 120 Å². The normalized spacial score (nSPS) is 12.2. The Morgan fingerprint density at radius 1 is 0.551 bits per heavy atom. The number of pyridine rings is 2. The number of hydrogen-bond donors (Lipinski definition) is 5. The Morgan fingerprint density at radius 3 is 1.61 bits per heavy atom. The van der Waals surface area contributed by atoms with Gasteiger partial charge in [-0.05, 0) is 72.2 Å². The van der Waals surface area contributed by atoms with E-state index >= 15 is 0 Å². The van der Waals surface area contributed by atoms with Crippen LogP contribution in [-0.2, 0) is 12.8 Å². The number of nitrogen functional groups attached to an aromatic ring is 4. The van der Waals surface area contributed by atoms with E-state index in [9.17, 15) is 0 Å². The van der Waals surface area contributed by atoms with Crippen LogP contribution in [0.4, 0.5) is 23.1 Å². The van der Waals surface area contributed by atoms with Gasteiger partial charge in [0.2, 0.25) is 5.65 Å². The third kappa shape index (κ3) is 7.85. The van der Waals surface area contributed by atoms with Crippen LogP contribution >= 0.6 is 0 Å². The van der Waals surface area contributed by atoms with Gasteiger partial charge in [0.15, 0.2) is 0 Å². The molecular formula is C40H41N9. The van der Waals surface area contributed by atoms with Gasteiger partial charge in [-0.2, -0.15) is 10.3 Å². The molecule has 0 saturated carbocycles. The summed E-state index contributed by atoms with van der Waals surface area (Å²) in [5.41, 5.74) is 35.3. The number of hydrogen-bond acceptors (Lipinski definition) is 8. The highest BCUT2D eigenvalue weighted by atomic mass is 15.3. The van der Waals surface area contributed by atoms with E-state index in [4.69, 9.17) is 22.9 Å². The number of nitrogens with one attached hydrogen (secondary N) is 1. The number of aromatic nitrogens is 5. The first-order valence-corrected chi connectivity index (χ1v) is 16.2. The van der Waals surface area contributed by atoms with Crippen LogP contribution in [0.1, 0.15) is 56.3 Å². The lowest BCUT2D eigenvalue weighted by Crippen LogP contribution is -2.12. The molecule has 0 saturated heterocycles. The molecule has 0 amide bonds. The molecule has 7 rings (SSSR count). The average molecular weight is 648 g/mol. The van der Waals surface area contributed by atoms with Gasteiger partial charge in [0, 0.05) is 11.8 Å². The Kier molecular flexibility index (Phi) is 9.80. The molecule has 2 atom stereocenters. The van der Waals surface area contributed by atoms with Gasteiger partial charge in [-0.25, -0.2) is 9.97 Å². The smallest absolute Gasteiger partial charge is 0.203 e. The van der Waals surface area contributed by atoms with Crippen LogP contribution in [0.2, 0.25) is 0 Å². The summed E-state index contributed by atoms with van der Waals surface area (Å²) in [4.78, 5) is 8.33. The molecule has 0 spiro atoms. The summed E-state index contributed by atoms with van der Waals surface area (Å²) < 4.78 is 0. The van der Waals surface area contributed by atoms with Gasteiger partial charge < -0.3 is 22.9 Å². The summed E-state index contributed by atoms with van der Waals surface area (Å²) in [6.45, 7) is 4.19. The minimum atomic E-state index is 0.0694. The van der Waals surface area contributed by atoms with Crippen LogP contribution in [0.15, 0.2) is 121 Å². The number of nitrogens with zero attached hydrogens (tertiary/aromatic N) is 4. The minimum absolute atomic E-state index is 0.0694. The van der Waals surface area contributed by atoms with Crippen molar-refractivity contribution >= 4 is 34.3 Å². The summed E-state index contributed by atoms with van der Waals surface area (Å²) in [7, 11) is 0. The van der Waals surface area contributed by atoms with Gasteiger partial charge in [-0.15, -0.1) is 5.10 Å². The number of aromatic amines is 1. The summed E-state index contributed by atoms with van der Waals surface area (Å²) in [5, 5.41) is 11.1. The first kappa shape index (κ1) is 32.7. The molecule has 3 heterocycles. The van der Waals surface area contributed by atoms with E-state index in [0.717, 1.165) is 29.5 Å². The maximum atomic E-state index is 6.24. The quantitative estimate of drug-likeness (QED) is 0.116. The van der Waals surface area contributed by atoms with E-state index < -0.39 is 0 Å². The van der Waals surface area contributed by atoms with Crippen molar-refractivity contribution < 1.29 is 0 Å². The summed E-state index contributed by atoms with van der Waals surface area (Å²) in [6.07, 6.45) is 1.67. The van der Waals surface area contributed by atoms with Crippen LogP contribution in [0.5, 0.6) is 0 Å². The van der Waals surface area contributed by atoms with Crippen LogP contribution < -0.4 is 22.9 Å². The lowest BCUT2D eigenvalue weighted by atomic mass is 9.85. The van der Waals surface area contributed by atoms with E-state index in [2.05, 4.69) is 124 Å². The Balaban J connectivity index is 0.000000170. The fraction of sp³-hybridized carbons (Fsp3) is 0.150. The molecule has 0 radical (unpaired) electrons. The molecule has 9 heteroatoms. The number of H-pyrrole nitrogens is 1.